The first-order valence-electron chi connectivity index (χ1n) is 3.91. The van der Waals surface area contributed by atoms with Gasteiger partial charge in [0.25, 0.3) is 0 Å². The van der Waals surface area contributed by atoms with Crippen LogP contribution in [0.2, 0.25) is 0 Å². The fourth-order valence-corrected chi connectivity index (χ4v) is 0.961. The molecule has 1 rings (SSSR count). The van der Waals surface area contributed by atoms with Gasteiger partial charge in [-0.2, -0.15) is 4.98 Å². The number of hydrogen-bond acceptors (Lipinski definition) is 4. The first-order chi connectivity index (χ1) is 6.33. The molecule has 1 heterocycles. The highest BCUT2D eigenvalue weighted by atomic mass is 35.5. The lowest BCUT2D eigenvalue weighted by molar-refractivity contribution is -0.120. The summed E-state index contributed by atoms with van der Waals surface area (Å²) >= 11 is 5.37. The van der Waals surface area contributed by atoms with E-state index in [1.165, 1.54) is 6.33 Å². The van der Waals surface area contributed by atoms with Gasteiger partial charge in [-0.1, -0.05) is 5.16 Å². The van der Waals surface area contributed by atoms with Crippen LogP contribution in [0.5, 0.6) is 0 Å². The molecular weight excluding hydrogens is 194 g/mol. The van der Waals surface area contributed by atoms with E-state index in [-0.39, 0.29) is 5.91 Å². The topological polar surface area (TPSA) is 68.0 Å². The van der Waals surface area contributed by atoms with E-state index in [1.54, 1.807) is 0 Å². The SMILES string of the molecule is O=C(CCCl)NCCc1ncno1. The Labute approximate surface area is 80.5 Å². The van der Waals surface area contributed by atoms with Gasteiger partial charge in [-0.05, 0) is 0 Å². The van der Waals surface area contributed by atoms with E-state index in [0.29, 0.717) is 31.2 Å². The Balaban J connectivity index is 2.11. The van der Waals surface area contributed by atoms with E-state index in [4.69, 9.17) is 16.1 Å². The van der Waals surface area contributed by atoms with Crippen molar-refractivity contribution in [2.24, 2.45) is 0 Å². The Morgan fingerprint density at radius 3 is 3.15 bits per heavy atom. The molecule has 72 valence electrons. The van der Waals surface area contributed by atoms with Crippen LogP contribution >= 0.6 is 11.6 Å². The van der Waals surface area contributed by atoms with Crippen LogP contribution in [0.1, 0.15) is 12.3 Å². The molecule has 13 heavy (non-hydrogen) atoms. The molecule has 0 radical (unpaired) electrons. The van der Waals surface area contributed by atoms with E-state index in [9.17, 15) is 4.79 Å². The lowest BCUT2D eigenvalue weighted by Crippen LogP contribution is -2.25. The second kappa shape index (κ2) is 5.53. The van der Waals surface area contributed by atoms with E-state index < -0.39 is 0 Å². The Morgan fingerprint density at radius 2 is 2.54 bits per heavy atom. The standard InChI is InChI=1S/C7H10ClN3O2/c8-3-1-6(12)9-4-2-7-10-5-11-13-7/h5H,1-4H2,(H,9,12). The molecule has 0 spiro atoms. The van der Waals surface area contributed by atoms with Crippen molar-refractivity contribution in [3.05, 3.63) is 12.2 Å². The number of carbonyl (C=O) groups is 1. The summed E-state index contributed by atoms with van der Waals surface area (Å²) in [7, 11) is 0. The van der Waals surface area contributed by atoms with Gasteiger partial charge in [0.15, 0.2) is 6.33 Å². The zero-order chi connectivity index (χ0) is 9.52. The average Bonchev–Trinajstić information content (AvgIpc) is 2.57. The van der Waals surface area contributed by atoms with Gasteiger partial charge in [0.2, 0.25) is 11.8 Å². The van der Waals surface area contributed by atoms with Crippen LogP contribution in [0.25, 0.3) is 0 Å². The third-order valence-corrected chi connectivity index (χ3v) is 1.58. The van der Waals surface area contributed by atoms with Crippen LogP contribution in [0.4, 0.5) is 0 Å². The van der Waals surface area contributed by atoms with E-state index in [2.05, 4.69) is 15.5 Å². The fraction of sp³-hybridized carbons (Fsp3) is 0.571. The zero-order valence-corrected chi connectivity index (χ0v) is 7.75. The quantitative estimate of drug-likeness (QED) is 0.702. The lowest BCUT2D eigenvalue weighted by Gasteiger charge is -1.99. The number of amides is 1. The third kappa shape index (κ3) is 3.89. The Bertz CT molecular complexity index is 250. The molecule has 1 aromatic heterocycles. The molecule has 0 unspecified atom stereocenters. The summed E-state index contributed by atoms with van der Waals surface area (Å²) < 4.78 is 4.74. The summed E-state index contributed by atoms with van der Waals surface area (Å²) in [5.41, 5.74) is 0. The van der Waals surface area contributed by atoms with Crippen LogP contribution in [-0.2, 0) is 11.2 Å². The highest BCUT2D eigenvalue weighted by Crippen LogP contribution is 1.91. The molecule has 0 aliphatic heterocycles. The largest absolute Gasteiger partial charge is 0.356 e. The number of nitrogens with one attached hydrogen (secondary N) is 1. The molecule has 5 nitrogen and oxygen atoms in total. The van der Waals surface area contributed by atoms with Crippen molar-refractivity contribution >= 4 is 17.5 Å². The van der Waals surface area contributed by atoms with Gasteiger partial charge in [0, 0.05) is 25.3 Å². The van der Waals surface area contributed by atoms with Crippen LogP contribution in [0.3, 0.4) is 0 Å². The van der Waals surface area contributed by atoms with Gasteiger partial charge >= 0.3 is 0 Å². The van der Waals surface area contributed by atoms with Crippen molar-refractivity contribution in [3.8, 4) is 0 Å². The normalized spacial score (nSPS) is 9.92. The molecule has 0 bridgehead atoms. The summed E-state index contributed by atoms with van der Waals surface area (Å²) in [5, 5.41) is 6.11. The van der Waals surface area contributed by atoms with Gasteiger partial charge in [-0.25, -0.2) is 0 Å². The number of alkyl halides is 1. The molecule has 1 N–H and O–H groups in total. The summed E-state index contributed by atoms with van der Waals surface area (Å²) in [4.78, 5) is 14.7. The van der Waals surface area contributed by atoms with Crippen molar-refractivity contribution in [1.82, 2.24) is 15.5 Å². The van der Waals surface area contributed by atoms with Crippen molar-refractivity contribution < 1.29 is 9.32 Å². The Kier molecular flexibility index (Phi) is 4.25. The van der Waals surface area contributed by atoms with Crippen LogP contribution in [0, 0.1) is 0 Å². The number of rotatable bonds is 5. The minimum atomic E-state index is -0.0606. The van der Waals surface area contributed by atoms with E-state index in [1.807, 2.05) is 0 Å². The third-order valence-electron chi connectivity index (χ3n) is 1.39. The first-order valence-corrected chi connectivity index (χ1v) is 4.44. The van der Waals surface area contributed by atoms with E-state index >= 15 is 0 Å². The number of nitrogens with zero attached hydrogens (tertiary/aromatic N) is 2. The molecule has 1 amide bonds. The van der Waals surface area contributed by atoms with Gasteiger partial charge in [-0.15, -0.1) is 11.6 Å². The van der Waals surface area contributed by atoms with Gasteiger partial charge in [-0.3, -0.25) is 4.79 Å². The molecule has 0 atom stereocenters. The highest BCUT2D eigenvalue weighted by molar-refractivity contribution is 6.18. The second-order valence-electron chi connectivity index (χ2n) is 2.37. The molecular formula is C7H10ClN3O2. The minimum Gasteiger partial charge on any atom is -0.356 e. The summed E-state index contributed by atoms with van der Waals surface area (Å²) in [6, 6.07) is 0. The number of hydrogen-bond donors (Lipinski definition) is 1. The monoisotopic (exact) mass is 203 g/mol. The predicted molar refractivity (Wildman–Crippen MR) is 46.3 cm³/mol. The molecule has 0 saturated heterocycles. The minimum absolute atomic E-state index is 0.0606. The van der Waals surface area contributed by atoms with E-state index in [0.717, 1.165) is 0 Å². The zero-order valence-electron chi connectivity index (χ0n) is 6.99. The maximum atomic E-state index is 10.9. The maximum Gasteiger partial charge on any atom is 0.228 e. The van der Waals surface area contributed by atoms with Crippen molar-refractivity contribution in [3.63, 3.8) is 0 Å². The van der Waals surface area contributed by atoms with Gasteiger partial charge in [0.1, 0.15) is 0 Å². The van der Waals surface area contributed by atoms with Gasteiger partial charge < -0.3 is 9.84 Å². The lowest BCUT2D eigenvalue weighted by atomic mass is 10.4. The van der Waals surface area contributed by atoms with Crippen molar-refractivity contribution in [2.45, 2.75) is 12.8 Å². The van der Waals surface area contributed by atoms with Crippen LogP contribution < -0.4 is 5.32 Å². The fourth-order valence-electron chi connectivity index (χ4n) is 0.789. The summed E-state index contributed by atoms with van der Waals surface area (Å²) in [6.07, 6.45) is 2.22. The molecule has 0 saturated carbocycles. The number of carbonyl (C=O) groups excluding carboxylic acids is 1. The van der Waals surface area contributed by atoms with Gasteiger partial charge in [0.05, 0.1) is 0 Å². The molecule has 0 aliphatic carbocycles. The highest BCUT2D eigenvalue weighted by Gasteiger charge is 2.01. The number of halogens is 1. The smallest absolute Gasteiger partial charge is 0.228 e. The molecule has 6 heteroatoms. The number of aromatic nitrogens is 2. The second-order valence-corrected chi connectivity index (χ2v) is 2.75. The van der Waals surface area contributed by atoms with Crippen molar-refractivity contribution in [2.75, 3.05) is 12.4 Å². The molecule has 1 aromatic rings. The van der Waals surface area contributed by atoms with Crippen LogP contribution in [0.15, 0.2) is 10.9 Å². The van der Waals surface area contributed by atoms with Crippen molar-refractivity contribution in [1.29, 1.82) is 0 Å². The first kappa shape index (κ1) is 9.98. The Morgan fingerprint density at radius 1 is 1.69 bits per heavy atom. The van der Waals surface area contributed by atoms with Crippen LogP contribution in [-0.4, -0.2) is 28.5 Å². The summed E-state index contributed by atoms with van der Waals surface area (Å²) in [5.74, 6) is 0.799. The summed E-state index contributed by atoms with van der Waals surface area (Å²) in [6.45, 7) is 0.498. The molecule has 0 aliphatic rings. The molecule has 0 aromatic carbocycles. The predicted octanol–water partition coefficient (Wildman–Crippen LogP) is 0.357. The average molecular weight is 204 g/mol. The molecule has 0 fully saturated rings. The maximum absolute atomic E-state index is 10.9. The Hall–Kier alpha value is -1.10.